The van der Waals surface area contributed by atoms with Crippen LogP contribution < -0.4 is 10.3 Å². The van der Waals surface area contributed by atoms with Crippen LogP contribution >= 0.6 is 31.9 Å². The van der Waals surface area contributed by atoms with E-state index in [0.717, 1.165) is 35.7 Å². The Bertz CT molecular complexity index is 1280. The van der Waals surface area contributed by atoms with Gasteiger partial charge in [0.2, 0.25) is 0 Å². The molecule has 0 aliphatic heterocycles. The zero-order chi connectivity index (χ0) is 23.5. The average molecular weight is 577 g/mol. The lowest BCUT2D eigenvalue weighted by Crippen LogP contribution is -2.25. The van der Waals surface area contributed by atoms with E-state index in [-0.39, 0.29) is 11.5 Å². The van der Waals surface area contributed by atoms with Crippen LogP contribution in [0.5, 0.6) is 5.75 Å². The Balaban J connectivity index is 1.72. The fourth-order valence-electron chi connectivity index (χ4n) is 3.96. The second-order valence-electron chi connectivity index (χ2n) is 8.12. The maximum atomic E-state index is 13.4. The Hall–Kier alpha value is -2.52. The van der Waals surface area contributed by atoms with Crippen LogP contribution in [0.25, 0.3) is 10.9 Å². The van der Waals surface area contributed by atoms with Crippen molar-refractivity contribution in [3.8, 4) is 5.75 Å². The summed E-state index contributed by atoms with van der Waals surface area (Å²) in [6, 6.07) is 10.7. The lowest BCUT2D eigenvalue weighted by atomic mass is 9.88. The van der Waals surface area contributed by atoms with Gasteiger partial charge >= 0.3 is 5.97 Å². The quantitative estimate of drug-likeness (QED) is 0.380. The molecule has 1 saturated carbocycles. The van der Waals surface area contributed by atoms with Crippen LogP contribution in [0.4, 0.5) is 0 Å². The van der Waals surface area contributed by atoms with Crippen molar-refractivity contribution in [2.75, 3.05) is 0 Å². The topological polar surface area (TPSA) is 93.8 Å². The van der Waals surface area contributed by atoms with Crippen molar-refractivity contribution in [3.05, 3.63) is 67.1 Å². The predicted octanol–water partition coefficient (Wildman–Crippen LogP) is 5.70. The van der Waals surface area contributed by atoms with Crippen LogP contribution in [0.15, 0.2) is 55.2 Å². The molecule has 2 aromatic carbocycles. The average Bonchev–Trinajstić information content (AvgIpc) is 2.80. The van der Waals surface area contributed by atoms with Gasteiger partial charge in [0, 0.05) is 10.4 Å². The molecule has 7 nitrogen and oxygen atoms in total. The number of rotatable bonds is 6. The fourth-order valence-corrected chi connectivity index (χ4v) is 4.81. The van der Waals surface area contributed by atoms with E-state index < -0.39 is 12.1 Å². The number of hydrogen-bond acceptors (Lipinski definition) is 5. The molecule has 0 amide bonds. The van der Waals surface area contributed by atoms with Crippen molar-refractivity contribution < 1.29 is 14.6 Å². The van der Waals surface area contributed by atoms with Crippen LogP contribution in [0.3, 0.4) is 0 Å². The second-order valence-corrected chi connectivity index (χ2v) is 9.89. The maximum Gasteiger partial charge on any atom is 0.344 e. The first-order valence-corrected chi connectivity index (χ1v) is 12.4. The largest absolute Gasteiger partial charge is 0.479 e. The first kappa shape index (κ1) is 23.6. The first-order chi connectivity index (χ1) is 15.8. The van der Waals surface area contributed by atoms with Gasteiger partial charge in [0.1, 0.15) is 11.6 Å². The van der Waals surface area contributed by atoms with Gasteiger partial charge in [-0.15, -0.1) is 0 Å². The number of carboxylic acids is 1. The van der Waals surface area contributed by atoms with E-state index in [9.17, 15) is 9.59 Å². The molecule has 1 atom stereocenters. The van der Waals surface area contributed by atoms with E-state index in [1.807, 2.05) is 12.1 Å². The van der Waals surface area contributed by atoms with Crippen LogP contribution in [0.2, 0.25) is 0 Å². The monoisotopic (exact) mass is 575 g/mol. The van der Waals surface area contributed by atoms with Gasteiger partial charge in [-0.3, -0.25) is 4.79 Å². The molecule has 0 unspecified atom stereocenters. The highest BCUT2D eigenvalue weighted by Crippen LogP contribution is 2.32. The fraction of sp³-hybridized carbons (Fsp3) is 0.333. The smallest absolute Gasteiger partial charge is 0.344 e. The SMILES string of the molecule is C[C@@H](Oc1ccc(C=Nn2c(C3CCCCC3)nc3ccc(Br)cc3c2=O)cc1Br)C(=O)O. The summed E-state index contributed by atoms with van der Waals surface area (Å²) in [6.45, 7) is 1.47. The van der Waals surface area contributed by atoms with Crippen molar-refractivity contribution in [3.63, 3.8) is 0 Å². The third-order valence-electron chi connectivity index (χ3n) is 5.73. The number of nitrogens with zero attached hydrogens (tertiary/aromatic N) is 3. The molecule has 0 radical (unpaired) electrons. The summed E-state index contributed by atoms with van der Waals surface area (Å²) in [7, 11) is 0. The Labute approximate surface area is 207 Å². The molecule has 1 aliphatic carbocycles. The first-order valence-electron chi connectivity index (χ1n) is 10.8. The summed E-state index contributed by atoms with van der Waals surface area (Å²) >= 11 is 6.85. The molecule has 1 fully saturated rings. The lowest BCUT2D eigenvalue weighted by molar-refractivity contribution is -0.144. The minimum Gasteiger partial charge on any atom is -0.479 e. The summed E-state index contributed by atoms with van der Waals surface area (Å²) < 4.78 is 8.27. The van der Waals surface area contributed by atoms with E-state index in [2.05, 4.69) is 37.0 Å². The summed E-state index contributed by atoms with van der Waals surface area (Å²) in [5.41, 5.74) is 1.20. The van der Waals surface area contributed by atoms with E-state index in [0.29, 0.717) is 26.9 Å². The van der Waals surface area contributed by atoms with E-state index >= 15 is 0 Å². The van der Waals surface area contributed by atoms with Crippen molar-refractivity contribution in [2.45, 2.75) is 51.0 Å². The molecule has 0 spiro atoms. The van der Waals surface area contributed by atoms with Gasteiger partial charge in [0.25, 0.3) is 5.56 Å². The minimum atomic E-state index is -1.04. The molecule has 0 bridgehead atoms. The van der Waals surface area contributed by atoms with Gasteiger partial charge in [-0.2, -0.15) is 9.78 Å². The van der Waals surface area contributed by atoms with Crippen molar-refractivity contribution in [1.29, 1.82) is 0 Å². The lowest BCUT2D eigenvalue weighted by Gasteiger charge is -2.22. The van der Waals surface area contributed by atoms with Crippen LogP contribution in [0, 0.1) is 0 Å². The van der Waals surface area contributed by atoms with Gasteiger partial charge in [-0.1, -0.05) is 35.2 Å². The molecule has 1 N–H and O–H groups in total. The highest BCUT2D eigenvalue weighted by molar-refractivity contribution is 9.10. The highest BCUT2D eigenvalue weighted by Gasteiger charge is 2.22. The molecule has 3 aromatic rings. The number of carboxylic acid groups (broad SMARTS) is 1. The second kappa shape index (κ2) is 10.2. The molecule has 1 aliphatic rings. The number of hydrogen-bond donors (Lipinski definition) is 1. The zero-order valence-electron chi connectivity index (χ0n) is 18.0. The molecule has 1 heterocycles. The third-order valence-corrected chi connectivity index (χ3v) is 6.85. The molecule has 1 aromatic heterocycles. The number of carbonyl (C=O) groups is 1. The van der Waals surface area contributed by atoms with Gasteiger partial charge in [-0.05, 0) is 77.7 Å². The molecule has 0 saturated heterocycles. The van der Waals surface area contributed by atoms with E-state index in [1.54, 1.807) is 30.5 Å². The van der Waals surface area contributed by atoms with Crippen molar-refractivity contribution in [1.82, 2.24) is 9.66 Å². The van der Waals surface area contributed by atoms with Gasteiger partial charge < -0.3 is 9.84 Å². The summed E-state index contributed by atoms with van der Waals surface area (Å²) in [5, 5.41) is 14.1. The van der Waals surface area contributed by atoms with Crippen LogP contribution in [-0.4, -0.2) is 33.1 Å². The number of fused-ring (bicyclic) bond motifs is 1. The number of benzene rings is 2. The molecule has 33 heavy (non-hydrogen) atoms. The third kappa shape index (κ3) is 5.35. The number of aromatic nitrogens is 2. The standard InChI is InChI=1S/C24H23Br2N3O4/c1-14(24(31)32)33-21-10-7-15(11-19(21)26)13-27-29-22(16-5-3-2-4-6-16)28-20-9-8-17(25)12-18(20)23(29)30/h7-14,16H,2-6H2,1H3,(H,31,32)/t14-/m1/s1. The number of ether oxygens (including phenoxy) is 1. The van der Waals surface area contributed by atoms with Gasteiger partial charge in [0.15, 0.2) is 6.10 Å². The predicted molar refractivity (Wildman–Crippen MR) is 134 cm³/mol. The summed E-state index contributed by atoms with van der Waals surface area (Å²) in [4.78, 5) is 29.3. The van der Waals surface area contributed by atoms with Gasteiger partial charge in [-0.25, -0.2) is 9.78 Å². The van der Waals surface area contributed by atoms with Crippen LogP contribution in [0.1, 0.15) is 56.3 Å². The molecule has 9 heteroatoms. The van der Waals surface area contributed by atoms with Crippen LogP contribution in [-0.2, 0) is 4.79 Å². The Morgan fingerprint density at radius 3 is 2.67 bits per heavy atom. The zero-order valence-corrected chi connectivity index (χ0v) is 21.2. The van der Waals surface area contributed by atoms with Crippen molar-refractivity contribution >= 4 is 54.9 Å². The van der Waals surface area contributed by atoms with E-state index in [4.69, 9.17) is 14.8 Å². The summed E-state index contributed by atoms with van der Waals surface area (Å²) in [5.74, 6) is 0.258. The molecule has 4 rings (SSSR count). The maximum absolute atomic E-state index is 13.4. The Kier molecular flexibility index (Phi) is 7.29. The van der Waals surface area contributed by atoms with E-state index in [1.165, 1.54) is 18.0 Å². The molecular formula is C24H23Br2N3O4. The highest BCUT2D eigenvalue weighted by atomic mass is 79.9. The minimum absolute atomic E-state index is 0.191. The summed E-state index contributed by atoms with van der Waals surface area (Å²) in [6.07, 6.45) is 6.05. The van der Waals surface area contributed by atoms with Crippen molar-refractivity contribution in [2.24, 2.45) is 5.10 Å². The normalized spacial score (nSPS) is 15.7. The molecular weight excluding hydrogens is 554 g/mol. The Morgan fingerprint density at radius 2 is 1.97 bits per heavy atom. The van der Waals surface area contributed by atoms with Gasteiger partial charge in [0.05, 0.1) is 21.6 Å². The Morgan fingerprint density at radius 1 is 1.21 bits per heavy atom. The number of halogens is 2. The molecule has 172 valence electrons. The number of aliphatic carboxylic acids is 1.